The maximum Gasteiger partial charge on any atom is 0.131 e. The Balaban J connectivity index is 3.34. The second-order valence-corrected chi connectivity index (χ2v) is 3.71. The Kier molecular flexibility index (Phi) is 4.60. The first-order chi connectivity index (χ1) is 8.04. The number of hydrogen-bond donors (Lipinski definition) is 2. The van der Waals surface area contributed by atoms with Gasteiger partial charge in [0.1, 0.15) is 17.2 Å². The molecular weight excluding hydrogens is 222 g/mol. The second kappa shape index (κ2) is 5.75. The van der Waals surface area contributed by atoms with Crippen molar-refractivity contribution in [2.45, 2.75) is 19.1 Å². The molecule has 0 bridgehead atoms. The normalized spacial score (nSPS) is 14.0. The average molecular weight is 241 g/mol. The van der Waals surface area contributed by atoms with E-state index in [1.165, 1.54) is 14.2 Å². The van der Waals surface area contributed by atoms with Crippen LogP contribution in [-0.2, 0) is 0 Å². The van der Waals surface area contributed by atoms with Gasteiger partial charge in [-0.3, -0.25) is 0 Å². The van der Waals surface area contributed by atoms with Gasteiger partial charge in [-0.2, -0.15) is 0 Å². The fourth-order valence-corrected chi connectivity index (χ4v) is 1.60. The number of ether oxygens (including phenoxy) is 3. The van der Waals surface area contributed by atoms with E-state index in [4.69, 9.17) is 19.9 Å². The van der Waals surface area contributed by atoms with Crippen molar-refractivity contribution in [2.75, 3.05) is 21.3 Å². The van der Waals surface area contributed by atoms with Gasteiger partial charge < -0.3 is 25.1 Å². The molecule has 0 saturated heterocycles. The summed E-state index contributed by atoms with van der Waals surface area (Å²) >= 11 is 0. The third-order valence-corrected chi connectivity index (χ3v) is 2.61. The summed E-state index contributed by atoms with van der Waals surface area (Å²) in [6, 6.07) is 2.84. The van der Waals surface area contributed by atoms with Crippen LogP contribution in [0.25, 0.3) is 0 Å². The number of nitrogens with two attached hydrogens (primary N) is 1. The monoisotopic (exact) mass is 241 g/mol. The van der Waals surface area contributed by atoms with Crippen LogP contribution in [0.15, 0.2) is 12.1 Å². The van der Waals surface area contributed by atoms with Crippen LogP contribution in [-0.4, -0.2) is 32.5 Å². The molecule has 0 aromatic heterocycles. The van der Waals surface area contributed by atoms with Crippen LogP contribution in [0.5, 0.6) is 17.2 Å². The molecule has 0 amide bonds. The summed E-state index contributed by atoms with van der Waals surface area (Å²) in [4.78, 5) is 0. The summed E-state index contributed by atoms with van der Waals surface area (Å²) in [6.45, 7) is 1.62. The van der Waals surface area contributed by atoms with Crippen molar-refractivity contribution >= 4 is 0 Å². The van der Waals surface area contributed by atoms with Gasteiger partial charge in [0.25, 0.3) is 0 Å². The van der Waals surface area contributed by atoms with Gasteiger partial charge >= 0.3 is 0 Å². The van der Waals surface area contributed by atoms with E-state index in [1.54, 1.807) is 26.2 Å². The zero-order chi connectivity index (χ0) is 13.0. The summed E-state index contributed by atoms with van der Waals surface area (Å²) in [5.41, 5.74) is 6.56. The maximum atomic E-state index is 9.57. The molecule has 3 N–H and O–H groups in total. The maximum absolute atomic E-state index is 9.57. The Hall–Kier alpha value is -1.46. The Bertz CT molecular complexity index is 354. The molecule has 0 aliphatic carbocycles. The van der Waals surface area contributed by atoms with Crippen LogP contribution < -0.4 is 19.9 Å². The minimum atomic E-state index is -0.703. The number of benzene rings is 1. The molecule has 0 unspecified atom stereocenters. The lowest BCUT2D eigenvalue weighted by Gasteiger charge is -2.21. The van der Waals surface area contributed by atoms with E-state index >= 15 is 0 Å². The van der Waals surface area contributed by atoms with Gasteiger partial charge in [0, 0.05) is 12.1 Å². The number of methoxy groups -OCH3 is 3. The highest BCUT2D eigenvalue weighted by atomic mass is 16.5. The first-order valence-electron chi connectivity index (χ1n) is 5.28. The highest BCUT2D eigenvalue weighted by Gasteiger charge is 2.22. The van der Waals surface area contributed by atoms with Crippen molar-refractivity contribution in [3.8, 4) is 17.2 Å². The van der Waals surface area contributed by atoms with Crippen LogP contribution >= 0.6 is 0 Å². The third kappa shape index (κ3) is 2.81. The summed E-state index contributed by atoms with van der Waals surface area (Å²) in [5, 5.41) is 9.57. The lowest BCUT2D eigenvalue weighted by atomic mass is 10.0. The highest BCUT2D eigenvalue weighted by Crippen LogP contribution is 2.38. The van der Waals surface area contributed by atoms with Crippen molar-refractivity contribution in [2.24, 2.45) is 5.73 Å². The molecule has 2 atom stereocenters. The molecular formula is C12H19NO4. The van der Waals surface area contributed by atoms with E-state index < -0.39 is 12.1 Å². The molecule has 1 aromatic rings. The van der Waals surface area contributed by atoms with E-state index in [0.717, 1.165) is 0 Å². The van der Waals surface area contributed by atoms with Gasteiger partial charge in [0.05, 0.1) is 39.0 Å². The predicted octanol–water partition coefficient (Wildman–Crippen LogP) is 1.09. The van der Waals surface area contributed by atoms with Crippen molar-refractivity contribution in [1.29, 1.82) is 0 Å². The summed E-state index contributed by atoms with van der Waals surface area (Å²) in [7, 11) is 4.63. The quantitative estimate of drug-likeness (QED) is 0.807. The average Bonchev–Trinajstić information content (AvgIpc) is 2.35. The van der Waals surface area contributed by atoms with Crippen molar-refractivity contribution < 1.29 is 19.3 Å². The third-order valence-electron chi connectivity index (χ3n) is 2.61. The van der Waals surface area contributed by atoms with E-state index in [0.29, 0.717) is 22.8 Å². The molecule has 0 radical (unpaired) electrons. The van der Waals surface area contributed by atoms with E-state index in [9.17, 15) is 5.11 Å². The SMILES string of the molecule is COc1cc(OC)c([C@@H](N)[C@@H](C)O)c(OC)c1. The molecule has 5 nitrogen and oxygen atoms in total. The Labute approximate surface area is 101 Å². The number of hydrogen-bond acceptors (Lipinski definition) is 5. The molecule has 96 valence electrons. The molecule has 17 heavy (non-hydrogen) atoms. The van der Waals surface area contributed by atoms with Gasteiger partial charge in [-0.05, 0) is 6.92 Å². The molecule has 0 spiro atoms. The van der Waals surface area contributed by atoms with E-state index in [2.05, 4.69) is 0 Å². The van der Waals surface area contributed by atoms with Crippen molar-refractivity contribution in [3.05, 3.63) is 17.7 Å². The van der Waals surface area contributed by atoms with Crippen LogP contribution in [0.4, 0.5) is 0 Å². The van der Waals surface area contributed by atoms with E-state index in [-0.39, 0.29) is 0 Å². The molecule has 0 aliphatic rings. The van der Waals surface area contributed by atoms with Crippen LogP contribution in [0.3, 0.4) is 0 Å². The predicted molar refractivity (Wildman–Crippen MR) is 64.7 cm³/mol. The second-order valence-electron chi connectivity index (χ2n) is 3.71. The Morgan fingerprint density at radius 3 is 1.82 bits per heavy atom. The fourth-order valence-electron chi connectivity index (χ4n) is 1.60. The topological polar surface area (TPSA) is 73.9 Å². The number of rotatable bonds is 5. The van der Waals surface area contributed by atoms with Gasteiger partial charge in [0.2, 0.25) is 0 Å². The first kappa shape index (κ1) is 13.6. The standard InChI is InChI=1S/C12H19NO4/c1-7(14)12(13)11-9(16-3)5-8(15-2)6-10(11)17-4/h5-7,12,14H,13H2,1-4H3/t7-,12+/m1/s1. The molecule has 0 fully saturated rings. The molecule has 0 saturated carbocycles. The minimum absolute atomic E-state index is 0.537. The number of aliphatic hydroxyl groups is 1. The summed E-state index contributed by atoms with van der Waals surface area (Å²) in [6.07, 6.45) is -0.703. The Morgan fingerprint density at radius 2 is 1.53 bits per heavy atom. The first-order valence-corrected chi connectivity index (χ1v) is 5.28. The van der Waals surface area contributed by atoms with Crippen LogP contribution in [0.1, 0.15) is 18.5 Å². The molecule has 5 heteroatoms. The molecule has 0 heterocycles. The molecule has 1 aromatic carbocycles. The zero-order valence-electron chi connectivity index (χ0n) is 10.6. The van der Waals surface area contributed by atoms with Gasteiger partial charge in [-0.25, -0.2) is 0 Å². The summed E-state index contributed by atoms with van der Waals surface area (Å²) in [5.74, 6) is 1.68. The molecule has 0 aliphatic heterocycles. The van der Waals surface area contributed by atoms with E-state index in [1.807, 2.05) is 0 Å². The molecule has 1 rings (SSSR count). The number of aliphatic hydroxyl groups excluding tert-OH is 1. The largest absolute Gasteiger partial charge is 0.496 e. The van der Waals surface area contributed by atoms with Crippen LogP contribution in [0.2, 0.25) is 0 Å². The van der Waals surface area contributed by atoms with Gasteiger partial charge in [0.15, 0.2) is 0 Å². The fraction of sp³-hybridized carbons (Fsp3) is 0.500. The van der Waals surface area contributed by atoms with Crippen molar-refractivity contribution in [1.82, 2.24) is 0 Å². The highest BCUT2D eigenvalue weighted by molar-refractivity contribution is 5.52. The zero-order valence-corrected chi connectivity index (χ0v) is 10.6. The minimum Gasteiger partial charge on any atom is -0.496 e. The lowest BCUT2D eigenvalue weighted by Crippen LogP contribution is -2.24. The van der Waals surface area contributed by atoms with Gasteiger partial charge in [-0.1, -0.05) is 0 Å². The smallest absolute Gasteiger partial charge is 0.131 e. The van der Waals surface area contributed by atoms with Crippen molar-refractivity contribution in [3.63, 3.8) is 0 Å². The summed E-state index contributed by atoms with van der Waals surface area (Å²) < 4.78 is 15.6. The van der Waals surface area contributed by atoms with Gasteiger partial charge in [-0.15, -0.1) is 0 Å². The van der Waals surface area contributed by atoms with Crippen LogP contribution in [0, 0.1) is 0 Å². The lowest BCUT2D eigenvalue weighted by molar-refractivity contribution is 0.161. The Morgan fingerprint density at radius 1 is 1.06 bits per heavy atom.